The van der Waals surface area contributed by atoms with Crippen molar-refractivity contribution in [3.63, 3.8) is 0 Å². The number of hydrogen-bond donors (Lipinski definition) is 1. The van der Waals surface area contributed by atoms with Gasteiger partial charge in [-0.05, 0) is 37.1 Å². The normalized spacial score (nSPS) is 12.8. The van der Waals surface area contributed by atoms with E-state index in [1.165, 1.54) is 17.4 Å². The van der Waals surface area contributed by atoms with Gasteiger partial charge in [-0.1, -0.05) is 30.3 Å². The molecule has 124 valence electrons. The van der Waals surface area contributed by atoms with Crippen LogP contribution in [0.1, 0.15) is 21.7 Å². The van der Waals surface area contributed by atoms with Crippen molar-refractivity contribution >= 4 is 23.0 Å². The Balaban J connectivity index is 1.64. The van der Waals surface area contributed by atoms with Crippen LogP contribution in [-0.2, 0) is 6.42 Å². The van der Waals surface area contributed by atoms with Crippen LogP contribution in [0.3, 0.4) is 0 Å². The van der Waals surface area contributed by atoms with Gasteiger partial charge in [0.25, 0.3) is 5.91 Å². The van der Waals surface area contributed by atoms with E-state index in [1.54, 1.807) is 6.20 Å². The molecule has 0 saturated carbocycles. The molecule has 0 bridgehead atoms. The predicted molar refractivity (Wildman–Crippen MR) is 98.3 cm³/mol. The van der Waals surface area contributed by atoms with E-state index in [4.69, 9.17) is 0 Å². The van der Waals surface area contributed by atoms with E-state index >= 15 is 0 Å². The number of hydrogen-bond acceptors (Lipinski definition) is 4. The maximum absolute atomic E-state index is 12.5. The predicted octanol–water partition coefficient (Wildman–Crippen LogP) is 3.73. The summed E-state index contributed by atoms with van der Waals surface area (Å²) in [6.07, 6.45) is 4.10. The van der Waals surface area contributed by atoms with Crippen LogP contribution in [0.2, 0.25) is 0 Å². The van der Waals surface area contributed by atoms with Crippen LogP contribution < -0.4 is 10.2 Å². The number of aromatic nitrogens is 2. The standard InChI is InChI=1S/C20H18N4O/c1-14-12-22-17(13-21-14)20(25)23-16-7-3-5-9-19(16)24-11-10-15-6-2-4-8-18(15)24/h2-9,12-13H,10-11H2,1H3,(H,23,25). The van der Waals surface area contributed by atoms with E-state index in [2.05, 4.69) is 38.4 Å². The zero-order chi connectivity index (χ0) is 17.2. The fourth-order valence-corrected chi connectivity index (χ4v) is 3.10. The Labute approximate surface area is 146 Å². The molecule has 1 aromatic heterocycles. The van der Waals surface area contributed by atoms with Crippen LogP contribution in [0, 0.1) is 6.92 Å². The number of nitrogens with zero attached hydrogens (tertiary/aromatic N) is 3. The average molecular weight is 330 g/mol. The molecule has 0 atom stereocenters. The highest BCUT2D eigenvalue weighted by molar-refractivity contribution is 6.04. The number of fused-ring (bicyclic) bond motifs is 1. The number of nitrogens with one attached hydrogen (secondary N) is 1. The maximum Gasteiger partial charge on any atom is 0.275 e. The van der Waals surface area contributed by atoms with Gasteiger partial charge in [0.2, 0.25) is 0 Å². The zero-order valence-electron chi connectivity index (χ0n) is 13.9. The number of aryl methyl sites for hydroxylation is 1. The summed E-state index contributed by atoms with van der Waals surface area (Å²) in [6.45, 7) is 2.74. The Morgan fingerprint density at radius 2 is 1.76 bits per heavy atom. The molecule has 0 aliphatic carbocycles. The molecule has 5 heteroatoms. The van der Waals surface area contributed by atoms with Gasteiger partial charge >= 0.3 is 0 Å². The fraction of sp³-hybridized carbons (Fsp3) is 0.150. The SMILES string of the molecule is Cc1cnc(C(=O)Nc2ccccc2N2CCc3ccccc32)cn1. The summed E-state index contributed by atoms with van der Waals surface area (Å²) in [7, 11) is 0. The first-order chi connectivity index (χ1) is 12.2. The van der Waals surface area contributed by atoms with Crippen LogP contribution in [0.15, 0.2) is 60.9 Å². The topological polar surface area (TPSA) is 58.1 Å². The molecule has 0 radical (unpaired) electrons. The smallest absolute Gasteiger partial charge is 0.275 e. The Morgan fingerprint density at radius 3 is 2.56 bits per heavy atom. The highest BCUT2D eigenvalue weighted by atomic mass is 16.1. The summed E-state index contributed by atoms with van der Waals surface area (Å²) in [5.74, 6) is -0.257. The third kappa shape index (κ3) is 2.96. The van der Waals surface area contributed by atoms with Gasteiger partial charge in [0.05, 0.1) is 23.3 Å². The lowest BCUT2D eigenvalue weighted by Gasteiger charge is -2.23. The van der Waals surface area contributed by atoms with Gasteiger partial charge in [-0.2, -0.15) is 0 Å². The molecule has 0 spiro atoms. The van der Waals surface area contributed by atoms with Crippen molar-refractivity contribution in [1.29, 1.82) is 0 Å². The van der Waals surface area contributed by atoms with E-state index < -0.39 is 0 Å². The Bertz CT molecular complexity index is 921. The van der Waals surface area contributed by atoms with Crippen LogP contribution >= 0.6 is 0 Å². The van der Waals surface area contributed by atoms with Gasteiger partial charge in [0.1, 0.15) is 5.69 Å². The van der Waals surface area contributed by atoms with E-state index in [0.717, 1.165) is 30.0 Å². The second-order valence-electron chi connectivity index (χ2n) is 6.04. The van der Waals surface area contributed by atoms with Crippen LogP contribution in [0.5, 0.6) is 0 Å². The molecule has 1 N–H and O–H groups in total. The minimum absolute atomic E-state index is 0.257. The lowest BCUT2D eigenvalue weighted by Crippen LogP contribution is -2.19. The summed E-state index contributed by atoms with van der Waals surface area (Å²) in [5.41, 5.74) is 5.37. The summed E-state index contributed by atoms with van der Waals surface area (Å²) in [4.78, 5) is 23.0. The minimum Gasteiger partial charge on any atom is -0.339 e. The molecule has 0 saturated heterocycles. The van der Waals surface area contributed by atoms with Gasteiger partial charge in [-0.15, -0.1) is 0 Å². The van der Waals surface area contributed by atoms with E-state index in [0.29, 0.717) is 5.69 Å². The number of rotatable bonds is 3. The molecule has 0 unspecified atom stereocenters. The fourth-order valence-electron chi connectivity index (χ4n) is 3.10. The lowest BCUT2D eigenvalue weighted by molar-refractivity contribution is 0.102. The number of carbonyl (C=O) groups excluding carboxylic acids is 1. The van der Waals surface area contributed by atoms with Crippen molar-refractivity contribution in [2.45, 2.75) is 13.3 Å². The number of carbonyl (C=O) groups is 1. The van der Waals surface area contributed by atoms with E-state index in [1.807, 2.05) is 37.3 Å². The maximum atomic E-state index is 12.5. The monoisotopic (exact) mass is 330 g/mol. The largest absolute Gasteiger partial charge is 0.339 e. The molecular formula is C20H18N4O. The highest BCUT2D eigenvalue weighted by Crippen LogP contribution is 2.38. The minimum atomic E-state index is -0.257. The van der Waals surface area contributed by atoms with Crippen molar-refractivity contribution in [1.82, 2.24) is 9.97 Å². The summed E-state index contributed by atoms with van der Waals surface area (Å²) in [6, 6.07) is 16.2. The molecule has 25 heavy (non-hydrogen) atoms. The molecule has 1 aliphatic rings. The molecule has 4 rings (SSSR count). The van der Waals surface area contributed by atoms with Crippen LogP contribution in [0.4, 0.5) is 17.1 Å². The number of benzene rings is 2. The number of anilines is 3. The third-order valence-corrected chi connectivity index (χ3v) is 4.34. The Kier molecular flexibility index (Phi) is 3.90. The molecule has 0 fully saturated rings. The van der Waals surface area contributed by atoms with Gasteiger partial charge in [-0.3, -0.25) is 9.78 Å². The van der Waals surface area contributed by atoms with Crippen molar-refractivity contribution in [3.05, 3.63) is 77.9 Å². The molecule has 2 heterocycles. The Morgan fingerprint density at radius 1 is 1.00 bits per heavy atom. The quantitative estimate of drug-likeness (QED) is 0.795. The second-order valence-corrected chi connectivity index (χ2v) is 6.04. The van der Waals surface area contributed by atoms with Gasteiger partial charge in [0.15, 0.2) is 0 Å². The first-order valence-electron chi connectivity index (χ1n) is 8.27. The molecule has 2 aromatic carbocycles. The molecular weight excluding hydrogens is 312 g/mol. The summed E-state index contributed by atoms with van der Waals surface area (Å²) >= 11 is 0. The first kappa shape index (κ1) is 15.3. The van der Waals surface area contributed by atoms with Crippen molar-refractivity contribution in [2.75, 3.05) is 16.8 Å². The van der Waals surface area contributed by atoms with E-state index in [9.17, 15) is 4.79 Å². The van der Waals surface area contributed by atoms with Crippen molar-refractivity contribution < 1.29 is 4.79 Å². The van der Waals surface area contributed by atoms with Gasteiger partial charge in [-0.25, -0.2) is 4.98 Å². The highest BCUT2D eigenvalue weighted by Gasteiger charge is 2.22. The van der Waals surface area contributed by atoms with E-state index in [-0.39, 0.29) is 5.91 Å². The summed E-state index contributed by atoms with van der Waals surface area (Å²) < 4.78 is 0. The molecule has 5 nitrogen and oxygen atoms in total. The number of para-hydroxylation sites is 3. The zero-order valence-corrected chi connectivity index (χ0v) is 13.9. The van der Waals surface area contributed by atoms with Gasteiger partial charge in [0, 0.05) is 18.4 Å². The van der Waals surface area contributed by atoms with Crippen molar-refractivity contribution in [3.8, 4) is 0 Å². The molecule has 1 aliphatic heterocycles. The second kappa shape index (κ2) is 6.36. The van der Waals surface area contributed by atoms with Crippen molar-refractivity contribution in [2.24, 2.45) is 0 Å². The first-order valence-corrected chi connectivity index (χ1v) is 8.27. The third-order valence-electron chi connectivity index (χ3n) is 4.34. The van der Waals surface area contributed by atoms with Gasteiger partial charge < -0.3 is 10.2 Å². The lowest BCUT2D eigenvalue weighted by atomic mass is 10.1. The number of amides is 1. The summed E-state index contributed by atoms with van der Waals surface area (Å²) in [5, 5.41) is 2.97. The van der Waals surface area contributed by atoms with Crippen LogP contribution in [-0.4, -0.2) is 22.4 Å². The Hall–Kier alpha value is -3.21. The van der Waals surface area contributed by atoms with Crippen LogP contribution in [0.25, 0.3) is 0 Å². The molecule has 1 amide bonds. The average Bonchev–Trinajstić information content (AvgIpc) is 3.07. The molecule has 3 aromatic rings.